The Morgan fingerprint density at radius 3 is 2.80 bits per heavy atom. The largest absolute Gasteiger partial charge is 0.480 e. The van der Waals surface area contributed by atoms with Crippen molar-refractivity contribution in [3.8, 4) is 0 Å². The average molecular weight is 247 g/mol. The predicted octanol–water partition coefficient (Wildman–Crippen LogP) is 1.49. The Hall–Kier alpha value is -0.620. The van der Waals surface area contributed by atoms with Crippen molar-refractivity contribution in [1.29, 1.82) is 0 Å². The number of aliphatic carboxylic acids is 1. The molecule has 0 saturated carbocycles. The number of hydrogen-bond acceptors (Lipinski definition) is 4. The van der Waals surface area contributed by atoms with Crippen LogP contribution in [0.1, 0.15) is 26.2 Å². The first-order chi connectivity index (χ1) is 7.07. The number of carbonyl (C=O) groups excluding carboxylic acids is 1. The third-order valence-electron chi connectivity index (χ3n) is 2.21. The summed E-state index contributed by atoms with van der Waals surface area (Å²) in [4.78, 5) is 23.7. The van der Waals surface area contributed by atoms with E-state index in [1.165, 1.54) is 16.7 Å². The standard InChI is InChI=1S/C9H13NO3S2/c1-2-3-4-6(8(12)13)10-7(11)5-15-9(10)14/h6H,2-5H2,1H3,(H,12,13). The highest BCUT2D eigenvalue weighted by Gasteiger charge is 2.36. The maximum absolute atomic E-state index is 11.4. The summed E-state index contributed by atoms with van der Waals surface area (Å²) in [7, 11) is 0. The second kappa shape index (κ2) is 5.46. The van der Waals surface area contributed by atoms with Crippen LogP contribution in [0.25, 0.3) is 0 Å². The number of hydrogen-bond donors (Lipinski definition) is 1. The quantitative estimate of drug-likeness (QED) is 0.746. The van der Waals surface area contributed by atoms with Crippen molar-refractivity contribution in [1.82, 2.24) is 4.90 Å². The average Bonchev–Trinajstić information content (AvgIpc) is 2.49. The Bertz CT molecular complexity index is 277. The van der Waals surface area contributed by atoms with Crippen LogP contribution in [0.15, 0.2) is 0 Å². The minimum atomic E-state index is -0.971. The van der Waals surface area contributed by atoms with Crippen LogP contribution in [0.4, 0.5) is 0 Å². The maximum atomic E-state index is 11.4. The topological polar surface area (TPSA) is 57.6 Å². The summed E-state index contributed by atoms with van der Waals surface area (Å²) < 4.78 is 0.392. The van der Waals surface area contributed by atoms with Crippen molar-refractivity contribution in [2.45, 2.75) is 32.2 Å². The molecule has 1 amide bonds. The third kappa shape index (κ3) is 2.92. The van der Waals surface area contributed by atoms with Crippen molar-refractivity contribution < 1.29 is 14.7 Å². The zero-order valence-corrected chi connectivity index (χ0v) is 10.1. The lowest BCUT2D eigenvalue weighted by Crippen LogP contribution is -2.44. The molecule has 0 aromatic rings. The van der Waals surface area contributed by atoms with Crippen molar-refractivity contribution in [2.24, 2.45) is 0 Å². The van der Waals surface area contributed by atoms with Crippen LogP contribution >= 0.6 is 24.0 Å². The van der Waals surface area contributed by atoms with Gasteiger partial charge >= 0.3 is 5.97 Å². The molecule has 84 valence electrons. The normalized spacial score (nSPS) is 18.3. The summed E-state index contributed by atoms with van der Waals surface area (Å²) in [6.07, 6.45) is 2.16. The number of carboxylic acid groups (broad SMARTS) is 1. The van der Waals surface area contributed by atoms with Crippen LogP contribution in [0.3, 0.4) is 0 Å². The van der Waals surface area contributed by atoms with Crippen LogP contribution in [-0.4, -0.2) is 38.0 Å². The molecule has 15 heavy (non-hydrogen) atoms. The fourth-order valence-electron chi connectivity index (χ4n) is 1.43. The fraction of sp³-hybridized carbons (Fsp3) is 0.667. The van der Waals surface area contributed by atoms with Gasteiger partial charge in [-0.3, -0.25) is 9.69 Å². The molecule has 1 N–H and O–H groups in total. The molecule has 1 unspecified atom stereocenters. The van der Waals surface area contributed by atoms with Gasteiger partial charge in [0, 0.05) is 0 Å². The fourth-order valence-corrected chi connectivity index (χ4v) is 2.59. The lowest BCUT2D eigenvalue weighted by Gasteiger charge is -2.23. The molecule has 0 aromatic carbocycles. The number of carbonyl (C=O) groups is 2. The number of amides is 1. The molecule has 1 saturated heterocycles. The van der Waals surface area contributed by atoms with Gasteiger partial charge < -0.3 is 5.11 Å². The van der Waals surface area contributed by atoms with Crippen molar-refractivity contribution in [3.05, 3.63) is 0 Å². The molecule has 0 aliphatic carbocycles. The van der Waals surface area contributed by atoms with E-state index in [1.54, 1.807) is 0 Å². The van der Waals surface area contributed by atoms with E-state index >= 15 is 0 Å². The lowest BCUT2D eigenvalue weighted by molar-refractivity contribution is -0.146. The Labute approximate surface area is 98.0 Å². The highest BCUT2D eigenvalue weighted by molar-refractivity contribution is 8.23. The van der Waals surface area contributed by atoms with E-state index in [9.17, 15) is 9.59 Å². The monoisotopic (exact) mass is 247 g/mol. The van der Waals surface area contributed by atoms with Gasteiger partial charge in [0.25, 0.3) is 0 Å². The summed E-state index contributed by atoms with van der Waals surface area (Å²) in [5, 5.41) is 9.03. The smallest absolute Gasteiger partial charge is 0.326 e. The minimum Gasteiger partial charge on any atom is -0.480 e. The second-order valence-corrected chi connectivity index (χ2v) is 4.92. The van der Waals surface area contributed by atoms with Crippen molar-refractivity contribution in [3.63, 3.8) is 0 Å². The number of thiocarbonyl (C=S) groups is 1. The van der Waals surface area contributed by atoms with Crippen molar-refractivity contribution in [2.75, 3.05) is 5.75 Å². The summed E-state index contributed by atoms with van der Waals surface area (Å²) in [6, 6.07) is -0.778. The van der Waals surface area contributed by atoms with Gasteiger partial charge in [0.1, 0.15) is 10.4 Å². The van der Waals surface area contributed by atoms with Gasteiger partial charge in [0.15, 0.2) is 0 Å². The van der Waals surface area contributed by atoms with E-state index in [2.05, 4.69) is 0 Å². The molecule has 1 aliphatic heterocycles. The Balaban J connectivity index is 2.74. The highest BCUT2D eigenvalue weighted by atomic mass is 32.2. The van der Waals surface area contributed by atoms with Gasteiger partial charge in [-0.15, -0.1) is 0 Å². The molecule has 0 radical (unpaired) electrons. The number of nitrogens with zero attached hydrogens (tertiary/aromatic N) is 1. The predicted molar refractivity (Wildman–Crippen MR) is 62.9 cm³/mol. The van der Waals surface area contributed by atoms with Gasteiger partial charge in [-0.25, -0.2) is 4.79 Å². The van der Waals surface area contributed by atoms with Crippen LogP contribution < -0.4 is 0 Å². The van der Waals surface area contributed by atoms with Crippen LogP contribution in [-0.2, 0) is 9.59 Å². The Kier molecular flexibility index (Phi) is 4.53. The molecule has 0 spiro atoms. The van der Waals surface area contributed by atoms with Gasteiger partial charge in [-0.05, 0) is 6.42 Å². The molecule has 4 nitrogen and oxygen atoms in total. The Morgan fingerprint density at radius 2 is 2.40 bits per heavy atom. The summed E-state index contributed by atoms with van der Waals surface area (Å²) in [6.45, 7) is 1.98. The van der Waals surface area contributed by atoms with E-state index in [-0.39, 0.29) is 11.7 Å². The molecular formula is C9H13NO3S2. The van der Waals surface area contributed by atoms with E-state index in [1.807, 2.05) is 6.92 Å². The van der Waals surface area contributed by atoms with Gasteiger partial charge in [-0.1, -0.05) is 43.7 Å². The first kappa shape index (κ1) is 12.4. The van der Waals surface area contributed by atoms with Crippen LogP contribution in [0.2, 0.25) is 0 Å². The zero-order valence-electron chi connectivity index (χ0n) is 8.43. The molecule has 1 fully saturated rings. The molecule has 1 rings (SSSR count). The third-order valence-corrected chi connectivity index (χ3v) is 3.60. The van der Waals surface area contributed by atoms with E-state index in [0.717, 1.165) is 12.8 Å². The molecule has 1 aliphatic rings. The maximum Gasteiger partial charge on any atom is 0.326 e. The van der Waals surface area contributed by atoms with Gasteiger partial charge in [0.2, 0.25) is 5.91 Å². The van der Waals surface area contributed by atoms with Crippen LogP contribution in [0.5, 0.6) is 0 Å². The first-order valence-corrected chi connectivity index (χ1v) is 6.19. The zero-order chi connectivity index (χ0) is 11.4. The van der Waals surface area contributed by atoms with Gasteiger partial charge in [0.05, 0.1) is 5.75 Å². The van der Waals surface area contributed by atoms with E-state index in [4.69, 9.17) is 17.3 Å². The molecule has 1 atom stereocenters. The molecule has 0 bridgehead atoms. The summed E-state index contributed by atoms with van der Waals surface area (Å²) in [5.41, 5.74) is 0. The van der Waals surface area contributed by atoms with Gasteiger partial charge in [-0.2, -0.15) is 0 Å². The molecule has 0 aromatic heterocycles. The lowest BCUT2D eigenvalue weighted by atomic mass is 10.1. The number of thioether (sulfide) groups is 1. The first-order valence-electron chi connectivity index (χ1n) is 4.79. The number of rotatable bonds is 5. The second-order valence-electron chi connectivity index (χ2n) is 3.31. The summed E-state index contributed by atoms with van der Waals surface area (Å²) >= 11 is 6.21. The molecule has 6 heteroatoms. The highest BCUT2D eigenvalue weighted by Crippen LogP contribution is 2.24. The minimum absolute atomic E-state index is 0.187. The van der Waals surface area contributed by atoms with E-state index in [0.29, 0.717) is 10.7 Å². The number of unbranched alkanes of at least 4 members (excludes halogenated alkanes) is 1. The summed E-state index contributed by atoms with van der Waals surface area (Å²) in [5.74, 6) is -0.885. The molecule has 1 heterocycles. The van der Waals surface area contributed by atoms with Crippen LogP contribution in [0, 0.1) is 0 Å². The molecular weight excluding hydrogens is 234 g/mol. The SMILES string of the molecule is CCCCC(C(=O)O)N1C(=O)CSC1=S. The van der Waals surface area contributed by atoms with E-state index < -0.39 is 12.0 Å². The van der Waals surface area contributed by atoms with Crippen molar-refractivity contribution >= 4 is 40.2 Å². The Morgan fingerprint density at radius 1 is 1.73 bits per heavy atom. The number of carboxylic acids is 1.